The molecule has 2 unspecified atom stereocenters. The lowest BCUT2D eigenvalue weighted by molar-refractivity contribution is 0.143. The highest BCUT2D eigenvalue weighted by Crippen LogP contribution is 2.28. The highest BCUT2D eigenvalue weighted by molar-refractivity contribution is 7.99. The van der Waals surface area contributed by atoms with Gasteiger partial charge in [0.1, 0.15) is 0 Å². The molecule has 0 aromatic heterocycles. The lowest BCUT2D eigenvalue weighted by atomic mass is 9.97. The zero-order valence-electron chi connectivity index (χ0n) is 11.7. The van der Waals surface area contributed by atoms with Crippen molar-refractivity contribution in [2.24, 2.45) is 11.7 Å². The molecule has 1 aliphatic rings. The van der Waals surface area contributed by atoms with E-state index in [9.17, 15) is 0 Å². The predicted octanol–water partition coefficient (Wildman–Crippen LogP) is 1.34. The van der Waals surface area contributed by atoms with Crippen LogP contribution in [0.25, 0.3) is 0 Å². The van der Waals surface area contributed by atoms with Crippen LogP contribution in [0.3, 0.4) is 0 Å². The predicted molar refractivity (Wildman–Crippen MR) is 78.7 cm³/mol. The number of thioether (sulfide) groups is 1. The topological polar surface area (TPSA) is 32.5 Å². The first-order chi connectivity index (χ1) is 8.19. The summed E-state index contributed by atoms with van der Waals surface area (Å²) >= 11 is 2.09. The molecule has 2 atom stereocenters. The van der Waals surface area contributed by atoms with Crippen LogP contribution < -0.4 is 5.73 Å². The standard InChI is InChI=1S/C13H29N3S/c1-4-6-16(8-7-15(2)3)13(10-14)12-5-9-17-11-12/h12-13H,4-11,14H2,1-3H3. The Balaban J connectivity index is 2.51. The number of hydrogen-bond donors (Lipinski definition) is 1. The molecule has 0 aliphatic carbocycles. The van der Waals surface area contributed by atoms with Gasteiger partial charge in [0.15, 0.2) is 0 Å². The minimum absolute atomic E-state index is 0.602. The van der Waals surface area contributed by atoms with E-state index in [1.807, 2.05) is 0 Å². The molecule has 0 aromatic carbocycles. The molecule has 1 fully saturated rings. The van der Waals surface area contributed by atoms with E-state index >= 15 is 0 Å². The summed E-state index contributed by atoms with van der Waals surface area (Å²) in [4.78, 5) is 4.89. The first-order valence-electron chi connectivity index (χ1n) is 6.85. The molecule has 0 spiro atoms. The van der Waals surface area contributed by atoms with E-state index in [0.29, 0.717) is 6.04 Å². The molecule has 4 heteroatoms. The maximum Gasteiger partial charge on any atom is 0.0255 e. The van der Waals surface area contributed by atoms with Gasteiger partial charge in [0.2, 0.25) is 0 Å². The van der Waals surface area contributed by atoms with Crippen molar-refractivity contribution in [3.8, 4) is 0 Å². The monoisotopic (exact) mass is 259 g/mol. The molecular formula is C13H29N3S. The Morgan fingerprint density at radius 2 is 2.06 bits per heavy atom. The highest BCUT2D eigenvalue weighted by atomic mass is 32.2. The molecule has 1 rings (SSSR count). The van der Waals surface area contributed by atoms with Gasteiger partial charge in [-0.1, -0.05) is 6.92 Å². The minimum atomic E-state index is 0.602. The maximum absolute atomic E-state index is 6.03. The van der Waals surface area contributed by atoms with Crippen LogP contribution in [0.4, 0.5) is 0 Å². The second kappa shape index (κ2) is 8.35. The molecule has 17 heavy (non-hydrogen) atoms. The van der Waals surface area contributed by atoms with Crippen molar-refractivity contribution in [3.05, 3.63) is 0 Å². The molecule has 2 N–H and O–H groups in total. The summed E-state index contributed by atoms with van der Waals surface area (Å²) in [6.07, 6.45) is 2.58. The average molecular weight is 259 g/mol. The smallest absolute Gasteiger partial charge is 0.0255 e. The lowest BCUT2D eigenvalue weighted by Crippen LogP contribution is -2.48. The molecule has 0 saturated carbocycles. The lowest BCUT2D eigenvalue weighted by Gasteiger charge is -2.35. The summed E-state index contributed by atoms with van der Waals surface area (Å²) in [6.45, 7) is 6.56. The van der Waals surface area contributed by atoms with Crippen molar-refractivity contribution in [1.29, 1.82) is 0 Å². The fraction of sp³-hybridized carbons (Fsp3) is 1.00. The SMILES string of the molecule is CCCN(CCN(C)C)C(CN)C1CCSC1. The maximum atomic E-state index is 6.03. The van der Waals surface area contributed by atoms with Crippen molar-refractivity contribution in [2.45, 2.75) is 25.8 Å². The van der Waals surface area contributed by atoms with Gasteiger partial charge in [-0.25, -0.2) is 0 Å². The second-order valence-electron chi connectivity index (χ2n) is 5.27. The van der Waals surface area contributed by atoms with E-state index in [2.05, 4.69) is 42.6 Å². The van der Waals surface area contributed by atoms with Gasteiger partial charge in [-0.15, -0.1) is 0 Å². The van der Waals surface area contributed by atoms with E-state index in [1.54, 1.807) is 0 Å². The second-order valence-corrected chi connectivity index (χ2v) is 6.42. The molecule has 1 saturated heterocycles. The third kappa shape index (κ3) is 5.16. The minimum Gasteiger partial charge on any atom is -0.329 e. The zero-order chi connectivity index (χ0) is 12.7. The molecule has 102 valence electrons. The highest BCUT2D eigenvalue weighted by Gasteiger charge is 2.28. The van der Waals surface area contributed by atoms with E-state index in [4.69, 9.17) is 5.73 Å². The Hall–Kier alpha value is 0.230. The molecule has 1 aliphatic heterocycles. The van der Waals surface area contributed by atoms with Crippen LogP contribution in [0, 0.1) is 5.92 Å². The van der Waals surface area contributed by atoms with Gasteiger partial charge in [-0.05, 0) is 50.9 Å². The van der Waals surface area contributed by atoms with Gasteiger partial charge in [0, 0.05) is 25.7 Å². The summed E-state index contributed by atoms with van der Waals surface area (Å²) in [6, 6.07) is 0.602. The Bertz CT molecular complexity index is 193. The van der Waals surface area contributed by atoms with Gasteiger partial charge in [0.05, 0.1) is 0 Å². The van der Waals surface area contributed by atoms with Gasteiger partial charge in [-0.2, -0.15) is 11.8 Å². The molecule has 3 nitrogen and oxygen atoms in total. The molecule has 1 heterocycles. The fourth-order valence-corrected chi connectivity index (χ4v) is 3.88. The van der Waals surface area contributed by atoms with Crippen molar-refractivity contribution < 1.29 is 0 Å². The first kappa shape index (κ1) is 15.3. The summed E-state index contributed by atoms with van der Waals surface area (Å²) in [5.41, 5.74) is 6.03. The van der Waals surface area contributed by atoms with Crippen LogP contribution in [0.5, 0.6) is 0 Å². The van der Waals surface area contributed by atoms with E-state index in [0.717, 1.165) is 25.6 Å². The molecule has 0 radical (unpaired) electrons. The van der Waals surface area contributed by atoms with Gasteiger partial charge in [0.25, 0.3) is 0 Å². The normalized spacial score (nSPS) is 22.6. The van der Waals surface area contributed by atoms with E-state index in [-0.39, 0.29) is 0 Å². The molecule has 0 aromatic rings. The number of nitrogens with two attached hydrogens (primary N) is 1. The summed E-state index contributed by atoms with van der Waals surface area (Å²) in [5.74, 6) is 3.46. The van der Waals surface area contributed by atoms with Crippen molar-refractivity contribution in [1.82, 2.24) is 9.80 Å². The van der Waals surface area contributed by atoms with Crippen LogP contribution in [0.2, 0.25) is 0 Å². The van der Waals surface area contributed by atoms with Crippen LogP contribution in [0.15, 0.2) is 0 Å². The average Bonchev–Trinajstić information content (AvgIpc) is 2.80. The van der Waals surface area contributed by atoms with Crippen LogP contribution >= 0.6 is 11.8 Å². The quantitative estimate of drug-likeness (QED) is 0.713. The molecule has 0 bridgehead atoms. The van der Waals surface area contributed by atoms with Gasteiger partial charge < -0.3 is 10.6 Å². The van der Waals surface area contributed by atoms with Crippen molar-refractivity contribution in [2.75, 3.05) is 51.8 Å². The van der Waals surface area contributed by atoms with Crippen LogP contribution in [0.1, 0.15) is 19.8 Å². The number of rotatable bonds is 8. The van der Waals surface area contributed by atoms with E-state index in [1.165, 1.54) is 30.9 Å². The van der Waals surface area contributed by atoms with Gasteiger partial charge in [-0.3, -0.25) is 4.90 Å². The van der Waals surface area contributed by atoms with Gasteiger partial charge >= 0.3 is 0 Å². The Labute approximate surface area is 111 Å². The Morgan fingerprint density at radius 3 is 2.53 bits per heavy atom. The summed E-state index contributed by atoms with van der Waals surface area (Å²) in [7, 11) is 4.29. The summed E-state index contributed by atoms with van der Waals surface area (Å²) in [5, 5.41) is 0. The molecule has 0 amide bonds. The largest absolute Gasteiger partial charge is 0.329 e. The third-order valence-electron chi connectivity index (χ3n) is 3.56. The van der Waals surface area contributed by atoms with Crippen LogP contribution in [-0.2, 0) is 0 Å². The fourth-order valence-electron chi connectivity index (χ4n) is 2.55. The van der Waals surface area contributed by atoms with E-state index < -0.39 is 0 Å². The Morgan fingerprint density at radius 1 is 1.29 bits per heavy atom. The number of hydrogen-bond acceptors (Lipinski definition) is 4. The number of nitrogens with zero attached hydrogens (tertiary/aromatic N) is 2. The summed E-state index contributed by atoms with van der Waals surface area (Å²) < 4.78 is 0. The van der Waals surface area contributed by atoms with Crippen molar-refractivity contribution in [3.63, 3.8) is 0 Å². The molecular weight excluding hydrogens is 230 g/mol. The Kier molecular flexibility index (Phi) is 7.51. The third-order valence-corrected chi connectivity index (χ3v) is 4.75. The van der Waals surface area contributed by atoms with Crippen LogP contribution in [-0.4, -0.2) is 67.6 Å². The number of likely N-dealkylation sites (N-methyl/N-ethyl adjacent to an activating group) is 1. The van der Waals surface area contributed by atoms with Crippen molar-refractivity contribution >= 4 is 11.8 Å². The first-order valence-corrected chi connectivity index (χ1v) is 8.01. The zero-order valence-corrected chi connectivity index (χ0v) is 12.5.